The summed E-state index contributed by atoms with van der Waals surface area (Å²) >= 11 is 3.47. The fraction of sp³-hybridized carbons (Fsp3) is 0.235. The van der Waals surface area contributed by atoms with Gasteiger partial charge in [0.15, 0.2) is 11.5 Å². The molecule has 0 heterocycles. The molecule has 2 rings (SSSR count). The molecular weight excluding hydrogens is 365 g/mol. The fourth-order valence-electron chi connectivity index (χ4n) is 2.09. The maximum absolute atomic E-state index is 12.8. The van der Waals surface area contributed by atoms with E-state index >= 15 is 0 Å². The average Bonchev–Trinajstić information content (AvgIpc) is 2.55. The molecule has 0 unspecified atom stereocenters. The predicted molar refractivity (Wildman–Crippen MR) is 90.6 cm³/mol. The van der Waals surface area contributed by atoms with Crippen LogP contribution in [0.1, 0.15) is 12.0 Å². The number of ether oxygens (including phenoxy) is 2. The Morgan fingerprint density at radius 2 is 1.74 bits per heavy atom. The summed E-state index contributed by atoms with van der Waals surface area (Å²) in [7, 11) is 3.14. The van der Waals surface area contributed by atoms with Gasteiger partial charge < -0.3 is 14.8 Å². The third-order valence-electron chi connectivity index (χ3n) is 3.30. The monoisotopic (exact) mass is 381 g/mol. The minimum Gasteiger partial charge on any atom is -0.493 e. The van der Waals surface area contributed by atoms with Gasteiger partial charge in [0.25, 0.3) is 0 Å². The molecule has 0 atom stereocenters. The highest BCUT2D eigenvalue weighted by atomic mass is 79.9. The van der Waals surface area contributed by atoms with E-state index in [9.17, 15) is 9.18 Å². The normalized spacial score (nSPS) is 10.3. The molecule has 122 valence electrons. The first-order chi connectivity index (χ1) is 11.0. The molecule has 2 aromatic carbocycles. The van der Waals surface area contributed by atoms with Crippen LogP contribution in [0.25, 0.3) is 0 Å². The molecule has 0 bridgehead atoms. The molecule has 23 heavy (non-hydrogen) atoms. The molecule has 0 aromatic heterocycles. The average molecular weight is 382 g/mol. The fourth-order valence-corrected chi connectivity index (χ4v) is 2.61. The van der Waals surface area contributed by atoms with Crippen molar-refractivity contribution < 1.29 is 18.7 Å². The number of benzene rings is 2. The van der Waals surface area contributed by atoms with Crippen molar-refractivity contribution in [1.82, 2.24) is 0 Å². The Bertz CT molecular complexity index is 689. The minimum absolute atomic E-state index is 0.140. The van der Waals surface area contributed by atoms with Gasteiger partial charge in [-0.3, -0.25) is 4.79 Å². The first-order valence-corrected chi connectivity index (χ1v) is 7.78. The van der Waals surface area contributed by atoms with Crippen molar-refractivity contribution in [3.63, 3.8) is 0 Å². The van der Waals surface area contributed by atoms with Crippen LogP contribution in [0.4, 0.5) is 10.1 Å². The van der Waals surface area contributed by atoms with E-state index in [1.807, 2.05) is 12.1 Å². The number of aryl methyl sites for hydroxylation is 1. The van der Waals surface area contributed by atoms with Gasteiger partial charge in [0.2, 0.25) is 5.91 Å². The van der Waals surface area contributed by atoms with E-state index < -0.39 is 0 Å². The molecular formula is C17H17BrFNO3. The smallest absolute Gasteiger partial charge is 0.224 e. The van der Waals surface area contributed by atoms with Crippen LogP contribution in [0.5, 0.6) is 11.5 Å². The van der Waals surface area contributed by atoms with E-state index in [-0.39, 0.29) is 11.7 Å². The molecule has 2 aromatic rings. The van der Waals surface area contributed by atoms with E-state index in [4.69, 9.17) is 9.47 Å². The van der Waals surface area contributed by atoms with E-state index in [0.29, 0.717) is 30.0 Å². The van der Waals surface area contributed by atoms with Crippen molar-refractivity contribution in [3.05, 3.63) is 52.3 Å². The second kappa shape index (κ2) is 7.97. The summed E-state index contributed by atoms with van der Waals surface area (Å²) < 4.78 is 24.2. The van der Waals surface area contributed by atoms with Crippen molar-refractivity contribution in [3.8, 4) is 11.5 Å². The molecule has 0 saturated heterocycles. The topological polar surface area (TPSA) is 47.6 Å². The van der Waals surface area contributed by atoms with E-state index in [1.54, 1.807) is 14.2 Å². The van der Waals surface area contributed by atoms with Gasteiger partial charge >= 0.3 is 0 Å². The maximum Gasteiger partial charge on any atom is 0.224 e. The third-order valence-corrected chi connectivity index (χ3v) is 4.04. The minimum atomic E-state index is -0.336. The van der Waals surface area contributed by atoms with Crippen LogP contribution < -0.4 is 14.8 Å². The number of rotatable bonds is 6. The SMILES string of the molecule is COc1cc(Br)c(CCC(=O)Nc2ccc(F)cc2)cc1OC. The lowest BCUT2D eigenvalue weighted by Gasteiger charge is -2.12. The maximum atomic E-state index is 12.8. The van der Waals surface area contributed by atoms with E-state index in [1.165, 1.54) is 24.3 Å². The lowest BCUT2D eigenvalue weighted by Crippen LogP contribution is -2.12. The summed E-state index contributed by atoms with van der Waals surface area (Å²) in [5.74, 6) is 0.763. The molecule has 1 amide bonds. The van der Waals surface area contributed by atoms with Gasteiger partial charge in [-0.2, -0.15) is 0 Å². The quantitative estimate of drug-likeness (QED) is 0.816. The summed E-state index contributed by atoms with van der Waals surface area (Å²) in [5.41, 5.74) is 1.51. The van der Waals surface area contributed by atoms with Crippen molar-refractivity contribution in [1.29, 1.82) is 0 Å². The Kier molecular flexibility index (Phi) is 5.98. The summed E-state index contributed by atoms with van der Waals surface area (Å²) in [6.07, 6.45) is 0.833. The molecule has 0 aliphatic heterocycles. The van der Waals surface area contributed by atoms with Crippen LogP contribution in [-0.2, 0) is 11.2 Å². The molecule has 6 heteroatoms. The van der Waals surface area contributed by atoms with Crippen LogP contribution in [0.3, 0.4) is 0 Å². The lowest BCUT2D eigenvalue weighted by molar-refractivity contribution is -0.116. The Balaban J connectivity index is 1.99. The largest absolute Gasteiger partial charge is 0.493 e. The number of hydrogen-bond donors (Lipinski definition) is 1. The van der Waals surface area contributed by atoms with Crippen LogP contribution in [0.2, 0.25) is 0 Å². The number of halogens is 2. The molecule has 0 fully saturated rings. The highest BCUT2D eigenvalue weighted by Gasteiger charge is 2.11. The Hall–Kier alpha value is -2.08. The van der Waals surface area contributed by atoms with Gasteiger partial charge in [-0.25, -0.2) is 4.39 Å². The summed E-state index contributed by atoms with van der Waals surface area (Å²) in [6.45, 7) is 0. The standard InChI is InChI=1S/C17H17BrFNO3/c1-22-15-9-11(14(18)10-16(15)23-2)3-8-17(21)20-13-6-4-12(19)5-7-13/h4-7,9-10H,3,8H2,1-2H3,(H,20,21). The molecule has 0 spiro atoms. The van der Waals surface area contributed by atoms with Gasteiger partial charge in [0, 0.05) is 16.6 Å². The van der Waals surface area contributed by atoms with Crippen LogP contribution >= 0.6 is 15.9 Å². The summed E-state index contributed by atoms with van der Waals surface area (Å²) in [4.78, 5) is 12.0. The number of carbonyl (C=O) groups excluding carboxylic acids is 1. The third kappa shape index (κ3) is 4.69. The number of anilines is 1. The van der Waals surface area contributed by atoms with Crippen molar-refractivity contribution in [2.45, 2.75) is 12.8 Å². The number of methoxy groups -OCH3 is 2. The zero-order valence-corrected chi connectivity index (χ0v) is 14.4. The van der Waals surface area contributed by atoms with Crippen LogP contribution in [0.15, 0.2) is 40.9 Å². The highest BCUT2D eigenvalue weighted by molar-refractivity contribution is 9.10. The van der Waals surface area contributed by atoms with Crippen molar-refractivity contribution >= 4 is 27.5 Å². The second-order valence-corrected chi connectivity index (χ2v) is 5.71. The van der Waals surface area contributed by atoms with Gasteiger partial charge in [-0.15, -0.1) is 0 Å². The van der Waals surface area contributed by atoms with Crippen molar-refractivity contribution in [2.75, 3.05) is 19.5 Å². The van der Waals surface area contributed by atoms with Gasteiger partial charge in [-0.1, -0.05) is 15.9 Å². The molecule has 4 nitrogen and oxygen atoms in total. The Morgan fingerprint density at radius 3 is 2.35 bits per heavy atom. The Labute approximate surface area is 142 Å². The van der Waals surface area contributed by atoms with Gasteiger partial charge in [-0.05, 0) is 48.4 Å². The number of carbonyl (C=O) groups is 1. The van der Waals surface area contributed by atoms with Gasteiger partial charge in [0.05, 0.1) is 14.2 Å². The second-order valence-electron chi connectivity index (χ2n) is 4.85. The van der Waals surface area contributed by atoms with Crippen molar-refractivity contribution in [2.24, 2.45) is 0 Å². The van der Waals surface area contributed by atoms with E-state index in [2.05, 4.69) is 21.2 Å². The first-order valence-electron chi connectivity index (χ1n) is 6.99. The predicted octanol–water partition coefficient (Wildman–Crippen LogP) is 4.18. The first kappa shape index (κ1) is 17.3. The molecule has 0 aliphatic rings. The molecule has 0 aliphatic carbocycles. The van der Waals surface area contributed by atoms with Crippen LogP contribution in [-0.4, -0.2) is 20.1 Å². The molecule has 0 saturated carbocycles. The summed E-state index contributed by atoms with van der Waals surface area (Å²) in [5, 5.41) is 2.73. The van der Waals surface area contributed by atoms with E-state index in [0.717, 1.165) is 10.0 Å². The molecule has 1 N–H and O–H groups in total. The molecule has 0 radical (unpaired) electrons. The highest BCUT2D eigenvalue weighted by Crippen LogP contribution is 2.33. The summed E-state index contributed by atoms with van der Waals surface area (Å²) in [6, 6.07) is 9.32. The van der Waals surface area contributed by atoms with Crippen LogP contribution in [0, 0.1) is 5.82 Å². The number of amides is 1. The van der Waals surface area contributed by atoms with Gasteiger partial charge in [0.1, 0.15) is 5.82 Å². The Morgan fingerprint density at radius 1 is 1.13 bits per heavy atom. The lowest BCUT2D eigenvalue weighted by atomic mass is 10.1. The number of hydrogen-bond acceptors (Lipinski definition) is 3. The zero-order valence-electron chi connectivity index (χ0n) is 12.9. The zero-order chi connectivity index (χ0) is 16.8. The number of nitrogens with one attached hydrogen (secondary N) is 1.